The number of rotatable bonds is 4. The number of nitrogens with one attached hydrogen (secondary N) is 2. The van der Waals surface area contributed by atoms with E-state index in [0.29, 0.717) is 11.5 Å². The Kier molecular flexibility index (Phi) is 4.48. The van der Waals surface area contributed by atoms with E-state index < -0.39 is 15.8 Å². The van der Waals surface area contributed by atoms with Gasteiger partial charge in [0, 0.05) is 4.47 Å². The van der Waals surface area contributed by atoms with Crippen LogP contribution in [-0.2, 0) is 10.0 Å². The summed E-state index contributed by atoms with van der Waals surface area (Å²) in [6.07, 6.45) is 0. The molecule has 2 aromatic carbocycles. The third-order valence-corrected chi connectivity index (χ3v) is 6.63. The van der Waals surface area contributed by atoms with Gasteiger partial charge in [0.15, 0.2) is 11.4 Å². The molecule has 0 unspecified atom stereocenters. The Bertz CT molecular complexity index is 1380. The number of fused-ring (bicyclic) bond motifs is 1. The molecule has 0 atom stereocenters. The van der Waals surface area contributed by atoms with Crippen LogP contribution in [0.25, 0.3) is 16.8 Å². The number of H-pyrrole nitrogens is 1. The van der Waals surface area contributed by atoms with Gasteiger partial charge in [-0.3, -0.25) is 9.71 Å². The standard InChI is InChI=1S/C15H10BrClN6O4S/c1-7-19-21-22-23(7)9-4-2-3-8(5-9)20-28(25,26)14-10(16)6-11-13(12(14)17)27-15(24)18-11/h2-6,20H,1H3,(H,18,24). The van der Waals surface area contributed by atoms with Gasteiger partial charge >= 0.3 is 5.76 Å². The molecular weight excluding hydrogens is 476 g/mol. The summed E-state index contributed by atoms with van der Waals surface area (Å²) in [6, 6.07) is 7.92. The van der Waals surface area contributed by atoms with E-state index in [1.54, 1.807) is 31.2 Å². The number of benzene rings is 2. The van der Waals surface area contributed by atoms with Crippen LogP contribution < -0.4 is 10.5 Å². The molecule has 0 fully saturated rings. The Labute approximate surface area is 170 Å². The van der Waals surface area contributed by atoms with Crippen LogP contribution in [0.4, 0.5) is 5.69 Å². The lowest BCUT2D eigenvalue weighted by molar-refractivity contribution is 0.554. The van der Waals surface area contributed by atoms with E-state index in [0.717, 1.165) is 0 Å². The van der Waals surface area contributed by atoms with Crippen molar-refractivity contribution in [3.05, 3.63) is 56.2 Å². The summed E-state index contributed by atoms with van der Waals surface area (Å²) in [5, 5.41) is 11.0. The zero-order valence-corrected chi connectivity index (χ0v) is 17.1. The van der Waals surface area contributed by atoms with E-state index in [4.69, 9.17) is 16.0 Å². The second-order valence-electron chi connectivity index (χ2n) is 5.69. The maximum Gasteiger partial charge on any atom is 0.417 e. The molecular formula is C15H10BrClN6O4S. The minimum absolute atomic E-state index is 0.0479. The Morgan fingerprint density at radius 2 is 2.11 bits per heavy atom. The molecule has 10 nitrogen and oxygen atoms in total. The number of oxazole rings is 1. The molecule has 13 heteroatoms. The van der Waals surface area contributed by atoms with Crippen molar-refractivity contribution >= 4 is 54.3 Å². The van der Waals surface area contributed by atoms with Gasteiger partial charge in [0.05, 0.1) is 16.9 Å². The molecule has 4 aromatic rings. The highest BCUT2D eigenvalue weighted by molar-refractivity contribution is 9.10. The average molecular weight is 486 g/mol. The van der Waals surface area contributed by atoms with E-state index in [1.165, 1.54) is 10.7 Å². The minimum atomic E-state index is -4.12. The second-order valence-corrected chi connectivity index (χ2v) is 8.54. The lowest BCUT2D eigenvalue weighted by atomic mass is 10.3. The van der Waals surface area contributed by atoms with Crippen molar-refractivity contribution in [1.29, 1.82) is 0 Å². The third kappa shape index (κ3) is 3.19. The molecule has 0 aliphatic carbocycles. The van der Waals surface area contributed by atoms with Crippen LogP contribution in [-0.4, -0.2) is 33.6 Å². The molecule has 4 rings (SSSR count). The summed E-state index contributed by atoms with van der Waals surface area (Å²) in [5.74, 6) is -0.199. The van der Waals surface area contributed by atoms with Crippen molar-refractivity contribution in [2.75, 3.05) is 4.72 Å². The zero-order valence-electron chi connectivity index (χ0n) is 14.0. The van der Waals surface area contributed by atoms with Gasteiger partial charge in [-0.15, -0.1) is 5.10 Å². The van der Waals surface area contributed by atoms with Crippen LogP contribution in [0.3, 0.4) is 0 Å². The molecule has 144 valence electrons. The Morgan fingerprint density at radius 3 is 2.82 bits per heavy atom. The van der Waals surface area contributed by atoms with E-state index in [-0.39, 0.29) is 31.2 Å². The summed E-state index contributed by atoms with van der Waals surface area (Å²) >= 11 is 9.40. The van der Waals surface area contributed by atoms with Gasteiger partial charge in [-0.2, -0.15) is 4.68 Å². The minimum Gasteiger partial charge on any atom is -0.406 e. The zero-order chi connectivity index (χ0) is 20.1. The summed E-state index contributed by atoms with van der Waals surface area (Å²) < 4.78 is 34.9. The molecule has 0 radical (unpaired) electrons. The van der Waals surface area contributed by atoms with Crippen molar-refractivity contribution in [1.82, 2.24) is 25.2 Å². The van der Waals surface area contributed by atoms with Crippen LogP contribution in [0.5, 0.6) is 0 Å². The Balaban J connectivity index is 1.78. The number of tetrazole rings is 1. The van der Waals surface area contributed by atoms with E-state index in [1.807, 2.05) is 0 Å². The molecule has 0 spiro atoms. The number of sulfonamides is 1. The first kappa shape index (κ1) is 18.7. The molecule has 2 aromatic heterocycles. The highest BCUT2D eigenvalue weighted by atomic mass is 79.9. The Morgan fingerprint density at radius 1 is 1.32 bits per heavy atom. The van der Waals surface area contributed by atoms with Crippen molar-refractivity contribution in [3.8, 4) is 5.69 Å². The topological polar surface area (TPSA) is 136 Å². The predicted molar refractivity (Wildman–Crippen MR) is 104 cm³/mol. The lowest BCUT2D eigenvalue weighted by Crippen LogP contribution is -2.14. The number of hydrogen-bond donors (Lipinski definition) is 2. The first-order valence-corrected chi connectivity index (χ1v) is 10.3. The maximum absolute atomic E-state index is 13.0. The van der Waals surface area contributed by atoms with Crippen LogP contribution in [0.2, 0.25) is 5.02 Å². The second kappa shape index (κ2) is 6.72. The average Bonchev–Trinajstić information content (AvgIpc) is 3.19. The van der Waals surface area contributed by atoms with Crippen LogP contribution >= 0.6 is 27.5 Å². The monoisotopic (exact) mass is 484 g/mol. The van der Waals surface area contributed by atoms with E-state index in [9.17, 15) is 13.2 Å². The smallest absolute Gasteiger partial charge is 0.406 e. The molecule has 0 saturated carbocycles. The van der Waals surface area contributed by atoms with Gasteiger partial charge in [0.1, 0.15) is 9.92 Å². The fourth-order valence-electron chi connectivity index (χ4n) is 2.63. The summed E-state index contributed by atoms with van der Waals surface area (Å²) in [4.78, 5) is 13.6. The van der Waals surface area contributed by atoms with E-state index in [2.05, 4.69) is 41.2 Å². The van der Waals surface area contributed by atoms with Crippen molar-refractivity contribution in [3.63, 3.8) is 0 Å². The maximum atomic E-state index is 13.0. The number of aryl methyl sites for hydroxylation is 1. The van der Waals surface area contributed by atoms with Crippen LogP contribution in [0.15, 0.2) is 48.9 Å². The first-order chi connectivity index (χ1) is 13.3. The van der Waals surface area contributed by atoms with Crippen LogP contribution in [0, 0.1) is 6.92 Å². The number of halogens is 2. The van der Waals surface area contributed by atoms with Gasteiger partial charge in [-0.25, -0.2) is 13.2 Å². The third-order valence-electron chi connectivity index (χ3n) is 3.80. The molecule has 2 N–H and O–H groups in total. The molecule has 0 aliphatic heterocycles. The highest BCUT2D eigenvalue weighted by Gasteiger charge is 2.26. The molecule has 2 heterocycles. The highest BCUT2D eigenvalue weighted by Crippen LogP contribution is 2.36. The van der Waals surface area contributed by atoms with Crippen molar-refractivity contribution in [2.45, 2.75) is 11.8 Å². The van der Waals surface area contributed by atoms with Crippen molar-refractivity contribution < 1.29 is 12.8 Å². The number of hydrogen-bond acceptors (Lipinski definition) is 7. The SMILES string of the molecule is Cc1nnnn1-c1cccc(NS(=O)(=O)c2c(Br)cc3[nH]c(=O)oc3c2Cl)c1. The van der Waals surface area contributed by atoms with Crippen molar-refractivity contribution in [2.24, 2.45) is 0 Å². The summed E-state index contributed by atoms with van der Waals surface area (Å²) in [6.45, 7) is 1.72. The van der Waals surface area contributed by atoms with Gasteiger partial charge < -0.3 is 4.42 Å². The lowest BCUT2D eigenvalue weighted by Gasteiger charge is -2.12. The fourth-order valence-corrected chi connectivity index (χ4v) is 5.54. The predicted octanol–water partition coefficient (Wildman–Crippen LogP) is 2.62. The molecule has 0 bridgehead atoms. The van der Waals surface area contributed by atoms with Gasteiger partial charge in [0.2, 0.25) is 0 Å². The molecule has 0 aliphatic rings. The first-order valence-electron chi connectivity index (χ1n) is 7.65. The quantitative estimate of drug-likeness (QED) is 0.453. The summed E-state index contributed by atoms with van der Waals surface area (Å²) in [7, 11) is -4.12. The molecule has 0 amide bonds. The van der Waals surface area contributed by atoms with Crippen LogP contribution in [0.1, 0.15) is 5.82 Å². The molecule has 0 saturated heterocycles. The van der Waals surface area contributed by atoms with E-state index >= 15 is 0 Å². The van der Waals surface area contributed by atoms with Gasteiger partial charge in [-0.1, -0.05) is 17.7 Å². The van der Waals surface area contributed by atoms with Gasteiger partial charge in [0.25, 0.3) is 10.0 Å². The Hall–Kier alpha value is -2.70. The normalized spacial score (nSPS) is 11.8. The molecule has 28 heavy (non-hydrogen) atoms. The van der Waals surface area contributed by atoms with Gasteiger partial charge in [-0.05, 0) is 57.5 Å². The fraction of sp³-hybridized carbons (Fsp3) is 0.0667. The number of anilines is 1. The summed E-state index contributed by atoms with van der Waals surface area (Å²) in [5.41, 5.74) is 1.07. The largest absolute Gasteiger partial charge is 0.417 e. The number of nitrogens with zero attached hydrogens (tertiary/aromatic N) is 4. The number of aromatic nitrogens is 5. The number of aromatic amines is 1.